The van der Waals surface area contributed by atoms with E-state index < -0.39 is 18.8 Å². The summed E-state index contributed by atoms with van der Waals surface area (Å²) in [5, 5.41) is 0. The van der Waals surface area contributed by atoms with Gasteiger partial charge in [-0.25, -0.2) is 0 Å². The molecule has 1 saturated carbocycles. The number of nitrogens with zero attached hydrogens (tertiary/aromatic N) is 1. The average Bonchev–Trinajstić information content (AvgIpc) is 2.47. The summed E-state index contributed by atoms with van der Waals surface area (Å²) in [7, 11) is 0. The highest BCUT2D eigenvalue weighted by molar-refractivity contribution is 9.10. The zero-order valence-electron chi connectivity index (χ0n) is 10.7. The molecule has 0 atom stereocenters. The maximum atomic E-state index is 12.9. The topological polar surface area (TPSA) is 22.1 Å². The van der Waals surface area contributed by atoms with Crippen LogP contribution in [0, 0.1) is 11.3 Å². The third kappa shape index (κ3) is 3.65. The van der Waals surface area contributed by atoms with Gasteiger partial charge in [-0.2, -0.15) is 0 Å². The van der Waals surface area contributed by atoms with Crippen LogP contribution in [0.1, 0.15) is 25.7 Å². The van der Waals surface area contributed by atoms with Crippen LogP contribution in [0.2, 0.25) is 0 Å². The predicted molar refractivity (Wildman–Crippen MR) is 73.8 cm³/mol. The Kier molecular flexibility index (Phi) is 5.13. The Bertz CT molecular complexity index is 402. The van der Waals surface area contributed by atoms with Gasteiger partial charge in [-0.15, -0.1) is 0 Å². The summed E-state index contributed by atoms with van der Waals surface area (Å²) < 4.78 is 32.3. The largest absolute Gasteiger partial charge is 0.492 e. The molecular formula is C14H18BrF2NO. The average molecular weight is 334 g/mol. The number of halogens is 3. The Morgan fingerprint density at radius 3 is 2.58 bits per heavy atom. The molecule has 0 unspecified atom stereocenters. The van der Waals surface area contributed by atoms with Crippen molar-refractivity contribution in [2.75, 3.05) is 20.0 Å². The minimum Gasteiger partial charge on any atom is -0.492 e. The second-order valence-electron chi connectivity index (χ2n) is 5.33. The van der Waals surface area contributed by atoms with Crippen LogP contribution in [0.3, 0.4) is 0 Å². The van der Waals surface area contributed by atoms with E-state index in [1.165, 1.54) is 0 Å². The van der Waals surface area contributed by atoms with E-state index in [2.05, 4.69) is 20.9 Å². The van der Waals surface area contributed by atoms with E-state index in [1.54, 1.807) is 18.5 Å². The molecule has 2 rings (SSSR count). The van der Waals surface area contributed by atoms with E-state index in [0.29, 0.717) is 25.4 Å². The van der Waals surface area contributed by atoms with Gasteiger partial charge in [0.1, 0.15) is 5.75 Å². The van der Waals surface area contributed by atoms with Gasteiger partial charge in [-0.3, -0.25) is 13.8 Å². The summed E-state index contributed by atoms with van der Waals surface area (Å²) in [5.41, 5.74) is -0.715. The first-order valence-electron chi connectivity index (χ1n) is 6.53. The number of rotatable bonds is 5. The molecule has 0 radical (unpaired) electrons. The third-order valence-corrected chi connectivity index (χ3v) is 4.54. The van der Waals surface area contributed by atoms with Crippen molar-refractivity contribution < 1.29 is 13.5 Å². The van der Waals surface area contributed by atoms with Gasteiger partial charge in [0.2, 0.25) is 0 Å². The molecule has 0 aromatic carbocycles. The molecule has 0 spiro atoms. The molecule has 19 heavy (non-hydrogen) atoms. The Morgan fingerprint density at radius 1 is 1.32 bits per heavy atom. The van der Waals surface area contributed by atoms with Gasteiger partial charge in [-0.05, 0) is 53.6 Å². The molecule has 5 heteroatoms. The Morgan fingerprint density at radius 2 is 2.00 bits per heavy atom. The zero-order valence-corrected chi connectivity index (χ0v) is 12.3. The van der Waals surface area contributed by atoms with Gasteiger partial charge in [0.05, 0.1) is 24.4 Å². The number of alkyl halides is 2. The van der Waals surface area contributed by atoms with Crippen molar-refractivity contribution in [2.45, 2.75) is 25.7 Å². The molecular weight excluding hydrogens is 316 g/mol. The zero-order chi connectivity index (χ0) is 13.7. The lowest BCUT2D eigenvalue weighted by Crippen LogP contribution is -2.33. The highest BCUT2D eigenvalue weighted by atomic mass is 79.9. The normalized spacial score (nSPS) is 19.3. The van der Waals surface area contributed by atoms with Gasteiger partial charge < -0.3 is 4.74 Å². The summed E-state index contributed by atoms with van der Waals surface area (Å²) in [6, 6.07) is 1.81. The summed E-state index contributed by atoms with van der Waals surface area (Å²) in [6.45, 7) is -0.503. The number of ether oxygens (including phenoxy) is 1. The maximum absolute atomic E-state index is 12.9. The first kappa shape index (κ1) is 14.7. The van der Waals surface area contributed by atoms with E-state index in [0.717, 1.165) is 23.1 Å². The van der Waals surface area contributed by atoms with Crippen molar-refractivity contribution in [3.05, 3.63) is 22.9 Å². The van der Waals surface area contributed by atoms with Gasteiger partial charge in [0.25, 0.3) is 0 Å². The Balaban J connectivity index is 1.82. The molecule has 1 heterocycles. The van der Waals surface area contributed by atoms with Crippen LogP contribution in [0.4, 0.5) is 8.78 Å². The second kappa shape index (κ2) is 6.64. The molecule has 1 aromatic rings. The van der Waals surface area contributed by atoms with Crippen molar-refractivity contribution in [1.29, 1.82) is 0 Å². The van der Waals surface area contributed by atoms with Crippen molar-refractivity contribution in [2.24, 2.45) is 11.3 Å². The van der Waals surface area contributed by atoms with E-state index in [9.17, 15) is 8.78 Å². The summed E-state index contributed by atoms with van der Waals surface area (Å²) in [5.74, 6) is 1.15. The van der Waals surface area contributed by atoms with Crippen LogP contribution in [0.5, 0.6) is 5.75 Å². The highest BCUT2D eigenvalue weighted by Gasteiger charge is 2.35. The van der Waals surface area contributed by atoms with Crippen molar-refractivity contribution in [3.8, 4) is 5.75 Å². The van der Waals surface area contributed by atoms with Crippen LogP contribution < -0.4 is 4.74 Å². The minimum atomic E-state index is -0.715. The number of hydrogen-bond acceptors (Lipinski definition) is 2. The summed E-state index contributed by atoms with van der Waals surface area (Å²) in [6.07, 6.45) is 6.26. The molecule has 1 aliphatic rings. The van der Waals surface area contributed by atoms with E-state index >= 15 is 0 Å². The fourth-order valence-corrected chi connectivity index (χ4v) is 2.81. The van der Waals surface area contributed by atoms with Gasteiger partial charge >= 0.3 is 0 Å². The van der Waals surface area contributed by atoms with Crippen LogP contribution in [-0.4, -0.2) is 24.9 Å². The molecule has 0 saturated heterocycles. The molecule has 0 N–H and O–H groups in total. The minimum absolute atomic E-state index is 0.381. The van der Waals surface area contributed by atoms with E-state index in [-0.39, 0.29) is 0 Å². The fourth-order valence-electron chi connectivity index (χ4n) is 2.45. The molecule has 1 aromatic heterocycles. The fraction of sp³-hybridized carbons (Fsp3) is 0.643. The molecule has 0 aliphatic heterocycles. The first-order valence-corrected chi connectivity index (χ1v) is 7.33. The molecule has 0 bridgehead atoms. The lowest BCUT2D eigenvalue weighted by Gasteiger charge is -2.35. The SMILES string of the molecule is FCC1(CF)CCC(COc2ccncc2Br)CC1. The van der Waals surface area contributed by atoms with E-state index in [4.69, 9.17) is 4.74 Å². The Labute approximate surface area is 120 Å². The third-order valence-electron chi connectivity index (χ3n) is 3.94. The number of aromatic nitrogens is 1. The van der Waals surface area contributed by atoms with Gasteiger partial charge in [0.15, 0.2) is 0 Å². The van der Waals surface area contributed by atoms with Crippen LogP contribution in [0.25, 0.3) is 0 Å². The van der Waals surface area contributed by atoms with Crippen LogP contribution >= 0.6 is 15.9 Å². The standard InChI is InChI=1S/C14H18BrF2NO/c15-12-7-18-6-3-13(12)19-8-11-1-4-14(9-16,10-17)5-2-11/h3,6-7,11H,1-2,4-5,8-10H2. The van der Waals surface area contributed by atoms with Crippen LogP contribution in [-0.2, 0) is 0 Å². The number of pyridine rings is 1. The lowest BCUT2D eigenvalue weighted by atomic mass is 9.72. The molecule has 0 amide bonds. The van der Waals surface area contributed by atoms with Crippen molar-refractivity contribution >= 4 is 15.9 Å². The smallest absolute Gasteiger partial charge is 0.136 e. The second-order valence-corrected chi connectivity index (χ2v) is 6.18. The van der Waals surface area contributed by atoms with E-state index in [1.807, 2.05) is 0 Å². The van der Waals surface area contributed by atoms with Crippen LogP contribution in [0.15, 0.2) is 22.9 Å². The molecule has 1 fully saturated rings. The maximum Gasteiger partial charge on any atom is 0.136 e. The summed E-state index contributed by atoms with van der Waals surface area (Å²) in [4.78, 5) is 3.97. The van der Waals surface area contributed by atoms with Gasteiger partial charge in [0, 0.05) is 17.8 Å². The van der Waals surface area contributed by atoms with Gasteiger partial charge in [-0.1, -0.05) is 0 Å². The summed E-state index contributed by atoms with van der Waals surface area (Å²) >= 11 is 3.38. The quantitative estimate of drug-likeness (QED) is 0.799. The Hall–Kier alpha value is -0.710. The molecule has 1 aliphatic carbocycles. The monoisotopic (exact) mass is 333 g/mol. The molecule has 106 valence electrons. The lowest BCUT2D eigenvalue weighted by molar-refractivity contribution is 0.0640. The highest BCUT2D eigenvalue weighted by Crippen LogP contribution is 2.40. The predicted octanol–water partition coefficient (Wildman–Crippen LogP) is 4.34. The van der Waals surface area contributed by atoms with Crippen molar-refractivity contribution in [3.63, 3.8) is 0 Å². The number of hydrogen-bond donors (Lipinski definition) is 0. The van der Waals surface area contributed by atoms with Crippen molar-refractivity contribution in [1.82, 2.24) is 4.98 Å². The molecule has 2 nitrogen and oxygen atoms in total. The first-order chi connectivity index (χ1) is 9.19.